The van der Waals surface area contributed by atoms with Gasteiger partial charge in [-0.25, -0.2) is 9.69 Å². The van der Waals surface area contributed by atoms with Gasteiger partial charge in [-0.2, -0.15) is 0 Å². The van der Waals surface area contributed by atoms with Crippen LogP contribution < -0.4 is 19.7 Å². The molecule has 0 bridgehead atoms. The molecule has 1 fully saturated rings. The number of imide groups is 1. The van der Waals surface area contributed by atoms with Gasteiger partial charge in [0.1, 0.15) is 6.04 Å². The predicted molar refractivity (Wildman–Crippen MR) is 124 cm³/mol. The molecule has 8 nitrogen and oxygen atoms in total. The van der Waals surface area contributed by atoms with E-state index in [0.29, 0.717) is 42.6 Å². The molecule has 2 aliphatic heterocycles. The first-order valence-corrected chi connectivity index (χ1v) is 11.1. The summed E-state index contributed by atoms with van der Waals surface area (Å²) in [6.07, 6.45) is 0.606. The Morgan fingerprint density at radius 3 is 2.30 bits per heavy atom. The minimum absolute atomic E-state index is 0.0756. The molecule has 33 heavy (non-hydrogen) atoms. The number of carbonyl (C=O) groups is 3. The Balaban J connectivity index is 1.44. The average Bonchev–Trinajstić information content (AvgIpc) is 3.10. The molecule has 2 aromatic rings. The fraction of sp³-hybridized carbons (Fsp3) is 0.400. The largest absolute Gasteiger partial charge is 0.493 e. The van der Waals surface area contributed by atoms with Gasteiger partial charge in [-0.1, -0.05) is 26.0 Å². The van der Waals surface area contributed by atoms with Crippen molar-refractivity contribution in [3.63, 3.8) is 0 Å². The third-order valence-electron chi connectivity index (χ3n) is 6.29. The molecule has 1 saturated heterocycles. The highest BCUT2D eigenvalue weighted by atomic mass is 16.5. The molecule has 2 aliphatic rings. The first-order chi connectivity index (χ1) is 15.8. The number of amides is 4. The minimum atomic E-state index is -0.874. The van der Waals surface area contributed by atoms with Crippen LogP contribution in [0.1, 0.15) is 42.9 Å². The first kappa shape index (κ1) is 22.6. The van der Waals surface area contributed by atoms with Crippen LogP contribution in [0.5, 0.6) is 11.5 Å². The smallest absolute Gasteiger partial charge is 0.329 e. The quantitative estimate of drug-likeness (QED) is 0.682. The zero-order valence-corrected chi connectivity index (χ0v) is 19.4. The molecule has 174 valence electrons. The third-order valence-corrected chi connectivity index (χ3v) is 6.29. The van der Waals surface area contributed by atoms with Gasteiger partial charge in [-0.3, -0.25) is 9.59 Å². The fourth-order valence-corrected chi connectivity index (χ4v) is 4.32. The van der Waals surface area contributed by atoms with E-state index in [0.717, 1.165) is 21.6 Å². The number of ether oxygens (including phenoxy) is 2. The molecule has 0 saturated carbocycles. The number of carbonyl (C=O) groups excluding carboxylic acids is 3. The number of urea groups is 1. The highest BCUT2D eigenvalue weighted by Gasteiger charge is 2.41. The van der Waals surface area contributed by atoms with Crippen LogP contribution in [0.2, 0.25) is 0 Å². The Hall–Kier alpha value is -3.55. The van der Waals surface area contributed by atoms with Crippen molar-refractivity contribution in [3.8, 4) is 11.5 Å². The van der Waals surface area contributed by atoms with E-state index in [1.807, 2.05) is 24.3 Å². The number of nitrogens with one attached hydrogen (secondary N) is 1. The third kappa shape index (κ3) is 4.37. The van der Waals surface area contributed by atoms with E-state index in [1.54, 1.807) is 31.3 Å². The van der Waals surface area contributed by atoms with Crippen LogP contribution in [0, 0.1) is 0 Å². The summed E-state index contributed by atoms with van der Waals surface area (Å²) in [5, 5.41) is 2.67. The van der Waals surface area contributed by atoms with Crippen molar-refractivity contribution >= 4 is 23.5 Å². The summed E-state index contributed by atoms with van der Waals surface area (Å²) in [4.78, 5) is 41.3. The second-order valence-electron chi connectivity index (χ2n) is 8.67. The zero-order chi connectivity index (χ0) is 23.7. The van der Waals surface area contributed by atoms with Crippen molar-refractivity contribution in [1.29, 1.82) is 0 Å². The van der Waals surface area contributed by atoms with Crippen LogP contribution in [0.4, 0.5) is 10.5 Å². The molecule has 4 rings (SSSR count). The van der Waals surface area contributed by atoms with E-state index >= 15 is 0 Å². The topological polar surface area (TPSA) is 88.2 Å². The lowest BCUT2D eigenvalue weighted by molar-refractivity contribution is -0.134. The molecule has 2 heterocycles. The van der Waals surface area contributed by atoms with E-state index in [2.05, 4.69) is 19.2 Å². The molecule has 4 amide bonds. The maximum absolute atomic E-state index is 13.0. The maximum atomic E-state index is 13.0. The molecule has 0 radical (unpaired) electrons. The van der Waals surface area contributed by atoms with E-state index in [4.69, 9.17) is 9.47 Å². The average molecular weight is 452 g/mol. The number of fused-ring (bicyclic) bond motifs is 1. The Kier molecular flexibility index (Phi) is 6.26. The van der Waals surface area contributed by atoms with Gasteiger partial charge in [0.05, 0.1) is 26.3 Å². The second-order valence-corrected chi connectivity index (χ2v) is 8.67. The molecular formula is C25H29N3O5. The van der Waals surface area contributed by atoms with Gasteiger partial charge in [-0.05, 0) is 53.3 Å². The lowest BCUT2D eigenvalue weighted by atomic mass is 9.98. The molecular weight excluding hydrogens is 422 g/mol. The van der Waals surface area contributed by atoms with Gasteiger partial charge < -0.3 is 19.7 Å². The normalized spacial score (nSPS) is 17.8. The maximum Gasteiger partial charge on any atom is 0.329 e. The van der Waals surface area contributed by atoms with Crippen molar-refractivity contribution in [3.05, 3.63) is 53.1 Å². The second kappa shape index (κ2) is 9.13. The summed E-state index contributed by atoms with van der Waals surface area (Å²) in [6, 6.07) is 9.80. The van der Waals surface area contributed by atoms with E-state index in [1.165, 1.54) is 0 Å². The van der Waals surface area contributed by atoms with Crippen molar-refractivity contribution < 1.29 is 23.9 Å². The van der Waals surface area contributed by atoms with Crippen molar-refractivity contribution in [2.24, 2.45) is 0 Å². The Morgan fingerprint density at radius 2 is 1.70 bits per heavy atom. The van der Waals surface area contributed by atoms with Crippen LogP contribution in [-0.4, -0.2) is 49.6 Å². The van der Waals surface area contributed by atoms with E-state index in [-0.39, 0.29) is 12.3 Å². The number of methoxy groups -OCH3 is 2. The molecule has 2 aromatic carbocycles. The summed E-state index contributed by atoms with van der Waals surface area (Å²) < 4.78 is 10.7. The molecule has 1 atom stereocenters. The SMILES string of the molecule is COc1cc2c(cc1OC)CN(C(=O)C[C@H]1NC(=O)N(c3ccc(C(C)C)cc3)C1=O)CC2. The molecule has 8 heteroatoms. The van der Waals surface area contributed by atoms with Gasteiger partial charge in [0.25, 0.3) is 5.91 Å². The van der Waals surface area contributed by atoms with Crippen LogP contribution in [0.15, 0.2) is 36.4 Å². The summed E-state index contributed by atoms with van der Waals surface area (Å²) in [5.41, 5.74) is 3.72. The Labute approximate surface area is 193 Å². The summed E-state index contributed by atoms with van der Waals surface area (Å²) >= 11 is 0. The van der Waals surface area contributed by atoms with Crippen LogP contribution in [0.25, 0.3) is 0 Å². The number of rotatable bonds is 6. The number of benzene rings is 2. The zero-order valence-electron chi connectivity index (χ0n) is 19.4. The van der Waals surface area contributed by atoms with Gasteiger partial charge in [0.2, 0.25) is 5.91 Å². The van der Waals surface area contributed by atoms with E-state index in [9.17, 15) is 14.4 Å². The number of hydrogen-bond donors (Lipinski definition) is 1. The Morgan fingerprint density at radius 1 is 1.06 bits per heavy atom. The standard InChI is InChI=1S/C25H29N3O5/c1-15(2)16-5-7-19(8-6-16)28-24(30)20(26-25(28)31)13-23(29)27-10-9-17-11-21(32-3)22(33-4)12-18(17)14-27/h5-8,11-12,15,20H,9-10,13-14H2,1-4H3,(H,26,31)/t20-/m1/s1. The molecule has 0 unspecified atom stereocenters. The lowest BCUT2D eigenvalue weighted by Crippen LogP contribution is -2.41. The van der Waals surface area contributed by atoms with Gasteiger partial charge in [-0.15, -0.1) is 0 Å². The Bertz CT molecular complexity index is 1080. The van der Waals surface area contributed by atoms with Crippen LogP contribution in [-0.2, 0) is 22.6 Å². The molecule has 1 N–H and O–H groups in total. The summed E-state index contributed by atoms with van der Waals surface area (Å²) in [7, 11) is 3.17. The van der Waals surface area contributed by atoms with E-state index < -0.39 is 18.0 Å². The highest BCUT2D eigenvalue weighted by Crippen LogP contribution is 2.33. The van der Waals surface area contributed by atoms with Gasteiger partial charge in [0, 0.05) is 13.1 Å². The first-order valence-electron chi connectivity index (χ1n) is 11.1. The molecule has 0 spiro atoms. The lowest BCUT2D eigenvalue weighted by Gasteiger charge is -2.30. The summed E-state index contributed by atoms with van der Waals surface area (Å²) in [6.45, 7) is 5.12. The van der Waals surface area contributed by atoms with Crippen LogP contribution >= 0.6 is 0 Å². The van der Waals surface area contributed by atoms with Crippen molar-refractivity contribution in [2.75, 3.05) is 25.7 Å². The number of hydrogen-bond acceptors (Lipinski definition) is 5. The van der Waals surface area contributed by atoms with Gasteiger partial charge in [0.15, 0.2) is 11.5 Å². The molecule has 0 aliphatic carbocycles. The fourth-order valence-electron chi connectivity index (χ4n) is 4.32. The van der Waals surface area contributed by atoms with Crippen molar-refractivity contribution in [1.82, 2.24) is 10.2 Å². The number of nitrogens with zero attached hydrogens (tertiary/aromatic N) is 2. The molecule has 0 aromatic heterocycles. The van der Waals surface area contributed by atoms with Gasteiger partial charge >= 0.3 is 6.03 Å². The van der Waals surface area contributed by atoms with Crippen LogP contribution in [0.3, 0.4) is 0 Å². The predicted octanol–water partition coefficient (Wildman–Crippen LogP) is 3.23. The monoisotopic (exact) mass is 451 g/mol. The highest BCUT2D eigenvalue weighted by molar-refractivity contribution is 6.22. The summed E-state index contributed by atoms with van der Waals surface area (Å²) in [5.74, 6) is 1.04. The minimum Gasteiger partial charge on any atom is -0.493 e. The number of anilines is 1. The van der Waals surface area contributed by atoms with Crippen molar-refractivity contribution in [2.45, 2.75) is 45.2 Å².